The van der Waals surface area contributed by atoms with Gasteiger partial charge >= 0.3 is 6.03 Å². The van der Waals surface area contributed by atoms with E-state index in [4.69, 9.17) is 0 Å². The van der Waals surface area contributed by atoms with Crippen molar-refractivity contribution in [1.82, 2.24) is 19.4 Å². The summed E-state index contributed by atoms with van der Waals surface area (Å²) in [6, 6.07) is 2.59. The van der Waals surface area contributed by atoms with Gasteiger partial charge in [0.2, 0.25) is 0 Å². The van der Waals surface area contributed by atoms with Gasteiger partial charge in [0.25, 0.3) is 15.9 Å². The average molecular weight is 517 g/mol. The number of nitrogens with zero attached hydrogens (tertiary/aromatic N) is 3. The van der Waals surface area contributed by atoms with Gasteiger partial charge in [-0.2, -0.15) is 13.5 Å². The van der Waals surface area contributed by atoms with Gasteiger partial charge in [0, 0.05) is 60.4 Å². The number of carbonyl (C=O) groups excluding carboxylic acids is 2. The molecule has 2 aromatic rings. The minimum atomic E-state index is -4.38. The molecule has 2 heterocycles. The molecule has 0 bridgehead atoms. The first-order valence-electron chi connectivity index (χ1n) is 11.4. The molecule has 0 atom stereocenters. The third-order valence-corrected chi connectivity index (χ3v) is 6.92. The van der Waals surface area contributed by atoms with Crippen LogP contribution in [0.5, 0.6) is 0 Å². The van der Waals surface area contributed by atoms with Crippen molar-refractivity contribution in [3.8, 4) is 0 Å². The number of halogens is 1. The van der Waals surface area contributed by atoms with E-state index in [1.54, 1.807) is 18.7 Å². The van der Waals surface area contributed by atoms with E-state index in [1.807, 2.05) is 32.4 Å². The average Bonchev–Trinajstić information content (AvgIpc) is 3.13. The molecule has 9 nitrogen and oxygen atoms in total. The van der Waals surface area contributed by atoms with Gasteiger partial charge in [-0.1, -0.05) is 27.7 Å². The fourth-order valence-corrected chi connectivity index (χ4v) is 4.62. The van der Waals surface area contributed by atoms with Crippen molar-refractivity contribution in [2.24, 2.45) is 0 Å². The van der Waals surface area contributed by atoms with E-state index in [9.17, 15) is 22.4 Å². The van der Waals surface area contributed by atoms with Crippen LogP contribution in [-0.4, -0.2) is 77.7 Å². The molecule has 1 fully saturated rings. The van der Waals surface area contributed by atoms with Gasteiger partial charge in [-0.05, 0) is 55.4 Å². The third-order valence-electron chi connectivity index (χ3n) is 5.71. The van der Waals surface area contributed by atoms with Crippen molar-refractivity contribution >= 4 is 57.2 Å². The van der Waals surface area contributed by atoms with Gasteiger partial charge in [-0.15, -0.1) is 0 Å². The zero-order valence-electron chi connectivity index (χ0n) is 21.3. The summed E-state index contributed by atoms with van der Waals surface area (Å²) < 4.78 is 43.4. The molecule has 3 amide bonds. The Labute approximate surface area is 228 Å². The van der Waals surface area contributed by atoms with E-state index in [-0.39, 0.29) is 59.0 Å². The number of carbonyl (C=O) groups is 2. The molecule has 35 heavy (non-hydrogen) atoms. The van der Waals surface area contributed by atoms with Crippen LogP contribution in [0.3, 0.4) is 0 Å². The smallest absolute Gasteiger partial charge is 0.333 e. The van der Waals surface area contributed by atoms with Crippen LogP contribution in [0.4, 0.5) is 14.9 Å². The number of hydrogen-bond acceptors (Lipinski definition) is 5. The maximum Gasteiger partial charge on any atom is 0.333 e. The number of amides is 3. The van der Waals surface area contributed by atoms with Crippen LogP contribution in [-0.2, 0) is 10.0 Å². The second-order valence-electron chi connectivity index (χ2n) is 9.38. The maximum absolute atomic E-state index is 14.1. The molecule has 1 aliphatic heterocycles. The first-order chi connectivity index (χ1) is 15.8. The van der Waals surface area contributed by atoms with Crippen LogP contribution in [0.2, 0.25) is 0 Å². The van der Waals surface area contributed by atoms with Crippen LogP contribution < -0.4 is 10.0 Å². The summed E-state index contributed by atoms with van der Waals surface area (Å²) in [4.78, 5) is 27.1. The number of hydrogen-bond donors (Lipinski definition) is 2. The van der Waals surface area contributed by atoms with E-state index in [0.29, 0.717) is 29.9 Å². The van der Waals surface area contributed by atoms with Crippen molar-refractivity contribution in [2.45, 2.75) is 70.9 Å². The van der Waals surface area contributed by atoms with Gasteiger partial charge in [0.05, 0.1) is 0 Å². The van der Waals surface area contributed by atoms with E-state index in [2.05, 4.69) is 10.4 Å². The van der Waals surface area contributed by atoms with Crippen molar-refractivity contribution in [3.63, 3.8) is 0 Å². The Bertz CT molecular complexity index is 1180. The fraction of sp³-hybridized carbons (Fsp3) is 0.522. The van der Waals surface area contributed by atoms with Crippen LogP contribution in [0.15, 0.2) is 23.2 Å². The topological polar surface area (TPSA) is 113 Å². The Balaban J connectivity index is 0.00000432. The molecule has 3 rings (SSSR count). The molecule has 0 unspecified atom stereocenters. The monoisotopic (exact) mass is 516 g/mol. The van der Waals surface area contributed by atoms with Crippen LogP contribution >= 0.6 is 0 Å². The predicted molar refractivity (Wildman–Crippen MR) is 133 cm³/mol. The number of anilines is 1. The Morgan fingerprint density at radius 2 is 1.54 bits per heavy atom. The van der Waals surface area contributed by atoms with Gasteiger partial charge in [0.1, 0.15) is 11.5 Å². The maximum atomic E-state index is 14.1. The second kappa shape index (κ2) is 11.4. The number of sulfonamides is 1. The van der Waals surface area contributed by atoms with Gasteiger partial charge < -0.3 is 10.2 Å². The molecular formula is C23H32FN5NaO4S. The second-order valence-corrected chi connectivity index (χ2v) is 11.0. The Morgan fingerprint density at radius 3 is 1.97 bits per heavy atom. The van der Waals surface area contributed by atoms with Crippen LogP contribution in [0, 0.1) is 5.82 Å². The Kier molecular flexibility index (Phi) is 9.54. The molecule has 1 aromatic heterocycles. The van der Waals surface area contributed by atoms with Gasteiger partial charge in [-0.3, -0.25) is 9.48 Å². The first-order valence-corrected chi connectivity index (χ1v) is 12.9. The Hall–Kier alpha value is -1.95. The van der Waals surface area contributed by atoms with Gasteiger partial charge in [0.15, 0.2) is 5.03 Å². The molecule has 1 saturated heterocycles. The summed E-state index contributed by atoms with van der Waals surface area (Å²) in [5.74, 6) is -0.953. The number of nitrogens with one attached hydrogen (secondary N) is 2. The largest absolute Gasteiger partial charge is 0.337 e. The molecule has 187 valence electrons. The molecule has 12 heteroatoms. The first kappa shape index (κ1) is 29.3. The summed E-state index contributed by atoms with van der Waals surface area (Å²) in [5, 5.41) is 6.26. The normalized spacial score (nSPS) is 13.6. The van der Waals surface area contributed by atoms with Crippen LogP contribution in [0.1, 0.15) is 87.5 Å². The molecule has 1 radical (unpaired) electrons. The summed E-state index contributed by atoms with van der Waals surface area (Å²) in [7, 11) is -4.38. The molecule has 1 aliphatic rings. The van der Waals surface area contributed by atoms with Crippen molar-refractivity contribution in [1.29, 1.82) is 0 Å². The van der Waals surface area contributed by atoms with E-state index in [0.717, 1.165) is 6.42 Å². The van der Waals surface area contributed by atoms with Crippen molar-refractivity contribution in [2.75, 3.05) is 18.4 Å². The minimum Gasteiger partial charge on any atom is -0.337 e. The molecular weight excluding hydrogens is 484 g/mol. The van der Waals surface area contributed by atoms with Gasteiger partial charge in [-0.25, -0.2) is 13.9 Å². The Morgan fingerprint density at radius 1 is 1.00 bits per heavy atom. The third kappa shape index (κ3) is 6.44. The number of likely N-dealkylation sites (tertiary alicyclic amines) is 1. The number of aromatic nitrogens is 2. The van der Waals surface area contributed by atoms with E-state index < -0.39 is 26.9 Å². The van der Waals surface area contributed by atoms with E-state index >= 15 is 0 Å². The predicted octanol–water partition coefficient (Wildman–Crippen LogP) is 3.83. The molecule has 1 aromatic carbocycles. The molecule has 0 saturated carbocycles. The summed E-state index contributed by atoms with van der Waals surface area (Å²) >= 11 is 0. The van der Waals surface area contributed by atoms with Crippen molar-refractivity contribution < 1.29 is 22.4 Å². The number of rotatable bonds is 7. The molecule has 0 aliphatic carbocycles. The fourth-order valence-electron chi connectivity index (χ4n) is 3.76. The minimum absolute atomic E-state index is 0. The zero-order valence-corrected chi connectivity index (χ0v) is 24.2. The number of benzene rings is 1. The molecule has 0 spiro atoms. The summed E-state index contributed by atoms with van der Waals surface area (Å²) in [6.07, 6.45) is 0.897. The van der Waals surface area contributed by atoms with E-state index in [1.165, 1.54) is 22.9 Å². The number of urea groups is 1. The summed E-state index contributed by atoms with van der Waals surface area (Å²) in [5.41, 5.74) is 1.64. The quantitative estimate of drug-likeness (QED) is 0.543. The summed E-state index contributed by atoms with van der Waals surface area (Å²) in [6.45, 7) is 12.2. The van der Waals surface area contributed by atoms with Crippen molar-refractivity contribution in [3.05, 3.63) is 40.8 Å². The SMILES string of the molecule is CC(C)c1cc(F)cc(C(C)C)c1NC(=O)NS(=O)(=O)c1cc(C(=O)N2CCC2)n(C(C)C)n1.[Na]. The molecule has 2 N–H and O–H groups in total. The zero-order chi connectivity index (χ0) is 25.4. The standard InChI is InChI=1S/C23H32FN5O4S.Na/c1-13(2)17-10-16(24)11-18(14(3)4)21(17)25-23(31)27-34(32,33)20-12-19(29(26-20)15(5)6)22(30)28-8-7-9-28;/h10-15H,7-9H2,1-6H3,(H2,25,27,31);. The van der Waals surface area contributed by atoms with Crippen LogP contribution in [0.25, 0.3) is 0 Å².